The third-order valence-corrected chi connectivity index (χ3v) is 7.12. The summed E-state index contributed by atoms with van der Waals surface area (Å²) in [5.41, 5.74) is 4.28. The molecule has 1 N–H and O–H groups in total. The lowest BCUT2D eigenvalue weighted by Gasteiger charge is -2.38. The predicted molar refractivity (Wildman–Crippen MR) is 153 cm³/mol. The van der Waals surface area contributed by atoms with Gasteiger partial charge in [0, 0.05) is 37.9 Å². The molecule has 0 aromatic heterocycles. The van der Waals surface area contributed by atoms with Crippen molar-refractivity contribution in [3.05, 3.63) is 126 Å². The summed E-state index contributed by atoms with van der Waals surface area (Å²) < 4.78 is 6.06. The van der Waals surface area contributed by atoms with Gasteiger partial charge in [-0.25, -0.2) is 4.79 Å². The number of urea groups is 1. The molecule has 194 valence electrons. The van der Waals surface area contributed by atoms with Crippen LogP contribution in [0.1, 0.15) is 29.5 Å². The molecule has 1 fully saturated rings. The molecular formula is C33H35N3O2. The number of rotatable bonds is 8. The maximum Gasteiger partial charge on any atom is 0.322 e. The SMILES string of the molecule is Cc1ccccc1NC(=O)N(Cc1cccc(Oc2ccccc2)c1)C1CCN(Cc2ccccc2)CC1. The van der Waals surface area contributed by atoms with Gasteiger partial charge in [-0.1, -0.05) is 78.9 Å². The first-order chi connectivity index (χ1) is 18.6. The average Bonchev–Trinajstić information content (AvgIpc) is 2.95. The van der Waals surface area contributed by atoms with Crippen LogP contribution in [0.5, 0.6) is 11.5 Å². The highest BCUT2D eigenvalue weighted by molar-refractivity contribution is 5.90. The van der Waals surface area contributed by atoms with Crippen molar-refractivity contribution in [3.63, 3.8) is 0 Å². The summed E-state index contributed by atoms with van der Waals surface area (Å²) >= 11 is 0. The molecule has 38 heavy (non-hydrogen) atoms. The predicted octanol–water partition coefficient (Wildman–Crippen LogP) is 7.49. The lowest BCUT2D eigenvalue weighted by molar-refractivity contribution is 0.120. The second-order valence-electron chi connectivity index (χ2n) is 9.93. The van der Waals surface area contributed by atoms with Crippen LogP contribution < -0.4 is 10.1 Å². The molecule has 4 aromatic carbocycles. The molecule has 0 radical (unpaired) electrons. The molecule has 1 aliphatic rings. The van der Waals surface area contributed by atoms with Gasteiger partial charge in [0.25, 0.3) is 0 Å². The van der Waals surface area contributed by atoms with Crippen LogP contribution in [0.3, 0.4) is 0 Å². The van der Waals surface area contributed by atoms with Gasteiger partial charge in [0.2, 0.25) is 0 Å². The first-order valence-corrected chi connectivity index (χ1v) is 13.4. The Hall–Kier alpha value is -4.09. The van der Waals surface area contributed by atoms with E-state index in [-0.39, 0.29) is 12.1 Å². The van der Waals surface area contributed by atoms with Gasteiger partial charge in [0.05, 0.1) is 0 Å². The number of amides is 2. The van der Waals surface area contributed by atoms with Gasteiger partial charge in [0.15, 0.2) is 0 Å². The fraction of sp³-hybridized carbons (Fsp3) is 0.242. The van der Waals surface area contributed by atoms with Gasteiger partial charge in [-0.2, -0.15) is 0 Å². The number of nitrogens with zero attached hydrogens (tertiary/aromatic N) is 2. The fourth-order valence-electron chi connectivity index (χ4n) is 5.03. The van der Waals surface area contributed by atoms with E-state index in [1.54, 1.807) is 0 Å². The molecule has 1 saturated heterocycles. The van der Waals surface area contributed by atoms with Crippen LogP contribution in [-0.4, -0.2) is 35.0 Å². The van der Waals surface area contributed by atoms with Crippen LogP contribution >= 0.6 is 0 Å². The number of likely N-dealkylation sites (tertiary alicyclic amines) is 1. The van der Waals surface area contributed by atoms with Crippen LogP contribution in [0.2, 0.25) is 0 Å². The Labute approximate surface area is 225 Å². The molecule has 0 atom stereocenters. The Balaban J connectivity index is 1.31. The van der Waals surface area contributed by atoms with E-state index in [4.69, 9.17) is 4.74 Å². The lowest BCUT2D eigenvalue weighted by Crippen LogP contribution is -2.48. The van der Waals surface area contributed by atoms with Gasteiger partial charge in [-0.05, 0) is 66.8 Å². The third-order valence-electron chi connectivity index (χ3n) is 7.12. The van der Waals surface area contributed by atoms with Crippen LogP contribution in [0.4, 0.5) is 10.5 Å². The van der Waals surface area contributed by atoms with Crippen molar-refractivity contribution in [2.24, 2.45) is 0 Å². The third kappa shape index (κ3) is 6.81. The number of aryl methyl sites for hydroxylation is 1. The summed E-state index contributed by atoms with van der Waals surface area (Å²) in [6.07, 6.45) is 1.88. The number of carbonyl (C=O) groups excluding carboxylic acids is 1. The number of para-hydroxylation sites is 2. The molecular weight excluding hydrogens is 470 g/mol. The zero-order chi connectivity index (χ0) is 26.2. The van der Waals surface area contributed by atoms with Crippen molar-refractivity contribution in [1.29, 1.82) is 0 Å². The van der Waals surface area contributed by atoms with Gasteiger partial charge in [-0.3, -0.25) is 4.90 Å². The van der Waals surface area contributed by atoms with Crippen molar-refractivity contribution >= 4 is 11.7 Å². The van der Waals surface area contributed by atoms with E-state index in [1.165, 1.54) is 5.56 Å². The molecule has 0 spiro atoms. The highest BCUT2D eigenvalue weighted by Gasteiger charge is 2.28. The molecule has 1 heterocycles. The largest absolute Gasteiger partial charge is 0.457 e. The highest BCUT2D eigenvalue weighted by Crippen LogP contribution is 2.26. The summed E-state index contributed by atoms with van der Waals surface area (Å²) in [5, 5.41) is 3.18. The Bertz CT molecular complexity index is 1320. The summed E-state index contributed by atoms with van der Waals surface area (Å²) in [4.78, 5) is 18.2. The molecule has 0 aliphatic carbocycles. The second-order valence-corrected chi connectivity index (χ2v) is 9.93. The molecule has 0 saturated carbocycles. The number of carbonyl (C=O) groups is 1. The topological polar surface area (TPSA) is 44.8 Å². The minimum atomic E-state index is -0.0600. The number of anilines is 1. The minimum Gasteiger partial charge on any atom is -0.457 e. The molecule has 5 rings (SSSR count). The smallest absolute Gasteiger partial charge is 0.322 e. The lowest BCUT2D eigenvalue weighted by atomic mass is 10.0. The summed E-state index contributed by atoms with van der Waals surface area (Å²) in [6.45, 7) is 5.41. The molecule has 4 aromatic rings. The number of ether oxygens (including phenoxy) is 1. The first kappa shape index (κ1) is 25.6. The monoisotopic (exact) mass is 505 g/mol. The fourth-order valence-corrected chi connectivity index (χ4v) is 5.03. The van der Waals surface area contributed by atoms with E-state index in [0.29, 0.717) is 6.54 Å². The summed E-state index contributed by atoms with van der Waals surface area (Å²) in [6, 6.07) is 36.4. The van der Waals surface area contributed by atoms with E-state index in [1.807, 2.05) is 84.6 Å². The number of nitrogens with one attached hydrogen (secondary N) is 1. The van der Waals surface area contributed by atoms with Crippen LogP contribution in [0.25, 0.3) is 0 Å². The zero-order valence-electron chi connectivity index (χ0n) is 21.9. The number of piperidine rings is 1. The van der Waals surface area contributed by atoms with Gasteiger partial charge < -0.3 is 15.0 Å². The number of hydrogen-bond donors (Lipinski definition) is 1. The highest BCUT2D eigenvalue weighted by atomic mass is 16.5. The van der Waals surface area contributed by atoms with Crippen LogP contribution in [0.15, 0.2) is 109 Å². The van der Waals surface area contributed by atoms with Crippen molar-refractivity contribution in [3.8, 4) is 11.5 Å². The quantitative estimate of drug-likeness (QED) is 0.270. The number of hydrogen-bond acceptors (Lipinski definition) is 3. The van der Waals surface area contributed by atoms with E-state index in [9.17, 15) is 4.79 Å². The van der Waals surface area contributed by atoms with Crippen molar-refractivity contribution in [1.82, 2.24) is 9.80 Å². The van der Waals surface area contributed by atoms with Gasteiger partial charge in [0.1, 0.15) is 11.5 Å². The maximum absolute atomic E-state index is 13.7. The molecule has 5 heteroatoms. The molecule has 0 unspecified atom stereocenters. The maximum atomic E-state index is 13.7. The minimum absolute atomic E-state index is 0.0600. The van der Waals surface area contributed by atoms with E-state index >= 15 is 0 Å². The summed E-state index contributed by atoms with van der Waals surface area (Å²) in [7, 11) is 0. The number of benzene rings is 4. The van der Waals surface area contributed by atoms with Crippen molar-refractivity contribution in [2.45, 2.75) is 38.9 Å². The Morgan fingerprint density at radius 2 is 1.45 bits per heavy atom. The van der Waals surface area contributed by atoms with E-state index in [0.717, 1.165) is 60.8 Å². The molecule has 1 aliphatic heterocycles. The zero-order valence-corrected chi connectivity index (χ0v) is 21.9. The van der Waals surface area contributed by atoms with E-state index < -0.39 is 0 Å². The van der Waals surface area contributed by atoms with Crippen molar-refractivity contribution in [2.75, 3.05) is 18.4 Å². The average molecular weight is 506 g/mol. The first-order valence-electron chi connectivity index (χ1n) is 13.4. The van der Waals surface area contributed by atoms with Crippen LogP contribution in [-0.2, 0) is 13.1 Å². The standard InChI is InChI=1S/C33H35N3O2/c1-26-11-8-9-18-32(26)34-33(37)36(29-19-21-35(22-20-29)24-27-12-4-2-5-13-27)25-28-14-10-17-31(23-28)38-30-15-6-3-7-16-30/h2-18,23,29H,19-22,24-25H2,1H3,(H,34,37). The Morgan fingerprint density at radius 3 is 2.18 bits per heavy atom. The van der Waals surface area contributed by atoms with E-state index in [2.05, 4.69) is 46.6 Å². The molecule has 0 bridgehead atoms. The van der Waals surface area contributed by atoms with Gasteiger partial charge in [-0.15, -0.1) is 0 Å². The van der Waals surface area contributed by atoms with Crippen LogP contribution in [0, 0.1) is 6.92 Å². The Kier molecular flexibility index (Phi) is 8.36. The van der Waals surface area contributed by atoms with Crippen molar-refractivity contribution < 1.29 is 9.53 Å². The van der Waals surface area contributed by atoms with Gasteiger partial charge >= 0.3 is 6.03 Å². The Morgan fingerprint density at radius 1 is 0.816 bits per heavy atom. The molecule has 2 amide bonds. The molecule has 5 nitrogen and oxygen atoms in total. The normalized spacial score (nSPS) is 14.1. The summed E-state index contributed by atoms with van der Waals surface area (Å²) in [5.74, 6) is 1.57. The second kappa shape index (κ2) is 12.4.